The number of carbonyl (C=O) groups excluding carboxylic acids is 1. The van der Waals surface area contributed by atoms with Crippen LogP contribution in [0.2, 0.25) is 0 Å². The first-order valence-electron chi connectivity index (χ1n) is 6.30. The molecule has 2 rings (SSSR count). The van der Waals surface area contributed by atoms with E-state index in [9.17, 15) is 9.59 Å². The lowest BCUT2D eigenvalue weighted by atomic mass is 9.99. The van der Waals surface area contributed by atoms with E-state index >= 15 is 0 Å². The molecule has 0 aliphatic carbocycles. The summed E-state index contributed by atoms with van der Waals surface area (Å²) in [5.74, 6) is -1.28. The number of carbonyl (C=O) groups is 2. The Morgan fingerprint density at radius 3 is 3.00 bits per heavy atom. The minimum atomic E-state index is -0.830. The van der Waals surface area contributed by atoms with E-state index in [4.69, 9.17) is 5.11 Å². The number of likely N-dealkylation sites (tertiary alicyclic amines) is 1. The van der Waals surface area contributed by atoms with Crippen LogP contribution in [0.3, 0.4) is 0 Å². The van der Waals surface area contributed by atoms with Gasteiger partial charge in [0.2, 0.25) is 0 Å². The number of hydrogen-bond donors (Lipinski definition) is 2. The first-order valence-corrected chi connectivity index (χ1v) is 6.30. The van der Waals surface area contributed by atoms with Crippen molar-refractivity contribution < 1.29 is 14.7 Å². The summed E-state index contributed by atoms with van der Waals surface area (Å²) in [7, 11) is 1.81. The van der Waals surface area contributed by atoms with E-state index in [1.165, 1.54) is 0 Å². The number of carboxylic acids is 1. The van der Waals surface area contributed by atoms with Crippen LogP contribution in [-0.4, -0.2) is 44.9 Å². The van der Waals surface area contributed by atoms with Crippen molar-refractivity contribution in [3.63, 3.8) is 0 Å². The van der Waals surface area contributed by atoms with Gasteiger partial charge in [0.1, 0.15) is 0 Å². The molecule has 19 heavy (non-hydrogen) atoms. The molecule has 1 aromatic heterocycles. The van der Waals surface area contributed by atoms with Crippen LogP contribution in [0, 0.1) is 5.92 Å². The molecular formula is C12H18N4O3. The third kappa shape index (κ3) is 3.24. The topological polar surface area (TPSA) is 87.5 Å². The SMILES string of the molecule is Cn1nccc1CNC(=O)N1CCC[C@@H](C(=O)O)C1. The van der Waals surface area contributed by atoms with Crippen LogP contribution in [0.4, 0.5) is 4.79 Å². The van der Waals surface area contributed by atoms with Crippen LogP contribution in [0.1, 0.15) is 18.5 Å². The van der Waals surface area contributed by atoms with Crippen LogP contribution < -0.4 is 5.32 Å². The third-order valence-electron chi connectivity index (χ3n) is 3.40. The minimum Gasteiger partial charge on any atom is -0.481 e. The highest BCUT2D eigenvalue weighted by Gasteiger charge is 2.27. The van der Waals surface area contributed by atoms with Crippen molar-refractivity contribution in [2.45, 2.75) is 19.4 Å². The number of carboxylic acid groups (broad SMARTS) is 1. The number of urea groups is 1. The lowest BCUT2D eigenvalue weighted by Crippen LogP contribution is -2.46. The third-order valence-corrected chi connectivity index (χ3v) is 3.40. The molecular weight excluding hydrogens is 248 g/mol. The second kappa shape index (κ2) is 5.73. The number of nitrogens with one attached hydrogen (secondary N) is 1. The van der Waals surface area contributed by atoms with E-state index in [2.05, 4.69) is 10.4 Å². The number of aromatic nitrogens is 2. The number of rotatable bonds is 3. The van der Waals surface area contributed by atoms with Gasteiger partial charge in [0.15, 0.2) is 0 Å². The highest BCUT2D eigenvalue weighted by atomic mass is 16.4. The Labute approximate surface area is 111 Å². The maximum Gasteiger partial charge on any atom is 0.317 e. The summed E-state index contributed by atoms with van der Waals surface area (Å²) < 4.78 is 1.69. The maximum atomic E-state index is 12.0. The normalized spacial score (nSPS) is 19.2. The molecule has 0 aromatic carbocycles. The van der Waals surface area contributed by atoms with Crippen molar-refractivity contribution in [2.24, 2.45) is 13.0 Å². The summed E-state index contributed by atoms with van der Waals surface area (Å²) in [5, 5.41) is 15.8. The fourth-order valence-electron chi connectivity index (χ4n) is 2.22. The van der Waals surface area contributed by atoms with Gasteiger partial charge in [0.05, 0.1) is 18.2 Å². The Morgan fingerprint density at radius 1 is 1.58 bits per heavy atom. The van der Waals surface area contributed by atoms with Gasteiger partial charge < -0.3 is 15.3 Å². The van der Waals surface area contributed by atoms with Gasteiger partial charge in [-0.05, 0) is 18.9 Å². The number of nitrogens with zero attached hydrogens (tertiary/aromatic N) is 3. The fourth-order valence-corrected chi connectivity index (χ4v) is 2.22. The smallest absolute Gasteiger partial charge is 0.317 e. The molecule has 0 radical (unpaired) electrons. The lowest BCUT2D eigenvalue weighted by molar-refractivity contribution is -0.143. The van der Waals surface area contributed by atoms with Crippen molar-refractivity contribution in [2.75, 3.05) is 13.1 Å². The van der Waals surface area contributed by atoms with Crippen molar-refractivity contribution in [3.8, 4) is 0 Å². The molecule has 1 fully saturated rings. The Hall–Kier alpha value is -2.05. The monoisotopic (exact) mass is 266 g/mol. The number of piperidine rings is 1. The zero-order valence-electron chi connectivity index (χ0n) is 10.9. The first-order chi connectivity index (χ1) is 9.08. The summed E-state index contributed by atoms with van der Waals surface area (Å²) in [6.45, 7) is 1.29. The van der Waals surface area contributed by atoms with Gasteiger partial charge in [-0.2, -0.15) is 5.10 Å². The Bertz CT molecular complexity index is 471. The van der Waals surface area contributed by atoms with E-state index < -0.39 is 11.9 Å². The summed E-state index contributed by atoms with van der Waals surface area (Å²) in [5.41, 5.74) is 0.903. The van der Waals surface area contributed by atoms with Gasteiger partial charge in [-0.1, -0.05) is 0 Å². The van der Waals surface area contributed by atoms with Crippen LogP contribution in [0.15, 0.2) is 12.3 Å². The molecule has 2 amide bonds. The molecule has 2 heterocycles. The molecule has 1 aliphatic heterocycles. The zero-order valence-corrected chi connectivity index (χ0v) is 10.9. The van der Waals surface area contributed by atoms with Gasteiger partial charge in [-0.15, -0.1) is 0 Å². The zero-order chi connectivity index (χ0) is 13.8. The van der Waals surface area contributed by atoms with E-state index in [1.807, 2.05) is 13.1 Å². The molecule has 1 aliphatic rings. The van der Waals surface area contributed by atoms with Gasteiger partial charge >= 0.3 is 12.0 Å². The second-order valence-corrected chi connectivity index (χ2v) is 4.73. The number of aliphatic carboxylic acids is 1. The Balaban J connectivity index is 1.86. The van der Waals surface area contributed by atoms with E-state index in [-0.39, 0.29) is 12.6 Å². The van der Waals surface area contributed by atoms with Crippen molar-refractivity contribution in [1.29, 1.82) is 0 Å². The van der Waals surface area contributed by atoms with Crippen molar-refractivity contribution in [3.05, 3.63) is 18.0 Å². The van der Waals surface area contributed by atoms with E-state index in [1.54, 1.807) is 15.8 Å². The van der Waals surface area contributed by atoms with Gasteiger partial charge in [0.25, 0.3) is 0 Å². The average molecular weight is 266 g/mol. The molecule has 104 valence electrons. The molecule has 1 aromatic rings. The predicted molar refractivity (Wildman–Crippen MR) is 67.4 cm³/mol. The molecule has 1 saturated heterocycles. The highest BCUT2D eigenvalue weighted by molar-refractivity contribution is 5.76. The number of amides is 2. The van der Waals surface area contributed by atoms with Crippen molar-refractivity contribution in [1.82, 2.24) is 20.0 Å². The molecule has 2 N–H and O–H groups in total. The van der Waals surface area contributed by atoms with E-state index in [0.717, 1.165) is 12.1 Å². The molecule has 0 saturated carbocycles. The highest BCUT2D eigenvalue weighted by Crippen LogP contribution is 2.16. The number of aryl methyl sites for hydroxylation is 1. The maximum absolute atomic E-state index is 12.0. The molecule has 0 bridgehead atoms. The molecule has 7 heteroatoms. The fraction of sp³-hybridized carbons (Fsp3) is 0.583. The molecule has 0 spiro atoms. The summed E-state index contributed by atoms with van der Waals surface area (Å²) >= 11 is 0. The van der Waals surface area contributed by atoms with Gasteiger partial charge in [0, 0.05) is 26.3 Å². The quantitative estimate of drug-likeness (QED) is 0.830. The standard InChI is InChI=1S/C12H18N4O3/c1-15-10(4-5-14-15)7-13-12(19)16-6-2-3-9(8-16)11(17)18/h4-5,9H,2-3,6-8H2,1H3,(H,13,19)(H,17,18)/t9-/m1/s1. The van der Waals surface area contributed by atoms with Crippen LogP contribution in [0.25, 0.3) is 0 Å². The first kappa shape index (κ1) is 13.4. The summed E-state index contributed by atoms with van der Waals surface area (Å²) in [4.78, 5) is 24.5. The van der Waals surface area contributed by atoms with Gasteiger partial charge in [-0.3, -0.25) is 9.48 Å². The van der Waals surface area contributed by atoms with Crippen molar-refractivity contribution >= 4 is 12.0 Å². The minimum absolute atomic E-state index is 0.216. The van der Waals surface area contributed by atoms with Gasteiger partial charge in [-0.25, -0.2) is 4.79 Å². The predicted octanol–water partition coefficient (Wildman–Crippen LogP) is 0.426. The molecule has 0 unspecified atom stereocenters. The average Bonchev–Trinajstić information content (AvgIpc) is 2.81. The summed E-state index contributed by atoms with van der Waals surface area (Å²) in [6, 6.07) is 1.61. The Kier molecular flexibility index (Phi) is 4.03. The molecule has 1 atom stereocenters. The lowest BCUT2D eigenvalue weighted by Gasteiger charge is -2.30. The second-order valence-electron chi connectivity index (χ2n) is 4.73. The summed E-state index contributed by atoms with van der Waals surface area (Å²) in [6.07, 6.45) is 3.04. The van der Waals surface area contributed by atoms with Crippen LogP contribution in [-0.2, 0) is 18.4 Å². The largest absolute Gasteiger partial charge is 0.481 e. The van der Waals surface area contributed by atoms with Crippen LogP contribution >= 0.6 is 0 Å². The van der Waals surface area contributed by atoms with E-state index in [0.29, 0.717) is 19.5 Å². The number of hydrogen-bond acceptors (Lipinski definition) is 3. The molecule has 7 nitrogen and oxygen atoms in total. The Morgan fingerprint density at radius 2 is 2.37 bits per heavy atom. The van der Waals surface area contributed by atoms with Crippen LogP contribution in [0.5, 0.6) is 0 Å².